The molecule has 0 saturated heterocycles. The van der Waals surface area contributed by atoms with E-state index >= 15 is 0 Å². The van der Waals surface area contributed by atoms with Crippen molar-refractivity contribution in [3.63, 3.8) is 0 Å². The van der Waals surface area contributed by atoms with E-state index in [1.54, 1.807) is 0 Å². The average molecular weight is 436 g/mol. The first kappa shape index (κ1) is 29.9. The van der Waals surface area contributed by atoms with E-state index in [1.807, 2.05) is 6.92 Å². The molecule has 0 aliphatic carbocycles. The summed E-state index contributed by atoms with van der Waals surface area (Å²) in [5.41, 5.74) is 6.44. The molecule has 2 rings (SSSR count). The Morgan fingerprint density at radius 3 is 2.14 bits per heavy atom. The molecule has 1 amide bonds. The van der Waals surface area contributed by atoms with Crippen LogP contribution >= 0.6 is 0 Å². The summed E-state index contributed by atoms with van der Waals surface area (Å²) in [5, 5.41) is 2.66. The number of fused-ring (bicyclic) bond motifs is 1. The van der Waals surface area contributed by atoms with Crippen LogP contribution in [-0.2, 0) is 31.0 Å². The molecule has 6 heteroatoms. The number of unbranched alkanes of at least 4 members (excludes halogenated alkanes) is 1. The van der Waals surface area contributed by atoms with Crippen LogP contribution in [0.1, 0.15) is 26.2 Å². The van der Waals surface area contributed by atoms with E-state index in [2.05, 4.69) is 55.6 Å². The molecule has 2 nitrogen and oxygen atoms in total. The summed E-state index contributed by atoms with van der Waals surface area (Å²) in [7, 11) is 1.08. The third-order valence-corrected chi connectivity index (χ3v) is 2.30. The van der Waals surface area contributed by atoms with Gasteiger partial charge in [0.2, 0.25) is 0 Å². The number of carbonyl (C=O) groups excluding carboxylic acids is 1. The third kappa shape index (κ3) is 16.4. The van der Waals surface area contributed by atoms with E-state index in [0.29, 0.717) is 6.42 Å². The average Bonchev–Trinajstić information content (AvgIpc) is 2.86. The number of carbonyl (C=O) groups is 1. The number of benzene rings is 1. The van der Waals surface area contributed by atoms with Crippen molar-refractivity contribution in [3.8, 4) is 0 Å². The predicted molar refractivity (Wildman–Crippen MR) is 85.9 cm³/mol. The van der Waals surface area contributed by atoms with Crippen molar-refractivity contribution in [2.24, 2.45) is 0 Å². The number of halogens is 2. The summed E-state index contributed by atoms with van der Waals surface area (Å²) in [6.45, 7) is 6.31. The van der Waals surface area contributed by atoms with Crippen LogP contribution in [0.5, 0.6) is 0 Å². The molecule has 2 radical (unpaired) electrons. The first-order valence-corrected chi connectivity index (χ1v) is 8.59. The molecule has 0 aliphatic rings. The van der Waals surface area contributed by atoms with Crippen molar-refractivity contribution in [1.29, 1.82) is 0 Å². The Balaban J connectivity index is -0.000000115. The molecule has 0 aliphatic heterocycles. The summed E-state index contributed by atoms with van der Waals surface area (Å²) in [5.74, 6) is -0.443. The fourth-order valence-electron chi connectivity index (χ4n) is 1.41. The number of nitrogens with one attached hydrogen (secondary N) is 1. The Kier molecular flexibility index (Phi) is 28.5. The van der Waals surface area contributed by atoms with Gasteiger partial charge in [-0.15, -0.1) is 29.7 Å². The van der Waals surface area contributed by atoms with Crippen molar-refractivity contribution in [3.05, 3.63) is 48.2 Å². The zero-order chi connectivity index (χ0) is 14.5. The van der Waals surface area contributed by atoms with Gasteiger partial charge in [0.25, 0.3) is 0 Å². The van der Waals surface area contributed by atoms with Crippen LogP contribution in [0.2, 0.25) is 13.1 Å². The van der Waals surface area contributed by atoms with Crippen LogP contribution in [-0.4, -0.2) is 15.4 Å². The zero-order valence-electron chi connectivity index (χ0n) is 13.3. The molecule has 0 saturated carbocycles. The summed E-state index contributed by atoms with van der Waals surface area (Å²) in [6, 6.07) is 14.7. The largest absolute Gasteiger partial charge is 4.00 e. The topological polar surface area (TPSA) is 40.9 Å². The molecule has 22 heavy (non-hydrogen) atoms. The summed E-state index contributed by atoms with van der Waals surface area (Å²) < 4.78 is 0. The van der Waals surface area contributed by atoms with Gasteiger partial charge < -0.3 is 35.3 Å². The van der Waals surface area contributed by atoms with E-state index in [0.717, 1.165) is 22.4 Å². The quantitative estimate of drug-likeness (QED) is 0.456. The minimum absolute atomic E-state index is 0. The second-order valence-electron chi connectivity index (χ2n) is 4.18. The minimum atomic E-state index is -0.443. The molecular weight excluding hydrogens is 412 g/mol. The molecule has 0 unspecified atom stereocenters. The first-order valence-electron chi connectivity index (χ1n) is 6.59. The van der Waals surface area contributed by atoms with Gasteiger partial charge in [-0.05, 0) is 12.8 Å². The maximum atomic E-state index is 9.87. The van der Waals surface area contributed by atoms with Gasteiger partial charge in [0.05, 0.1) is 0 Å². The van der Waals surface area contributed by atoms with Gasteiger partial charge in [-0.25, -0.2) is 0 Å². The van der Waals surface area contributed by atoms with Crippen LogP contribution in [0.15, 0.2) is 42.5 Å². The zero-order valence-corrected chi connectivity index (χ0v) is 18.3. The monoisotopic (exact) mass is 433 g/mol. The fourth-order valence-corrected chi connectivity index (χ4v) is 1.41. The van der Waals surface area contributed by atoms with E-state index in [4.69, 9.17) is 5.73 Å². The number of hydrogen-bond donors (Lipinski definition) is 0. The third-order valence-electron chi connectivity index (χ3n) is 2.30. The van der Waals surface area contributed by atoms with Gasteiger partial charge in [0.15, 0.2) is 0 Å². The van der Waals surface area contributed by atoms with E-state index in [1.165, 1.54) is 10.8 Å². The molecule has 0 aromatic heterocycles. The molecule has 0 spiro atoms. The Labute approximate surface area is 168 Å². The maximum absolute atomic E-state index is 9.87. The molecular formula is C16H23Cl2NOSiZr. The minimum Gasteiger partial charge on any atom is -1.00 e. The van der Waals surface area contributed by atoms with Gasteiger partial charge in [0.1, 0.15) is 0 Å². The first-order chi connectivity index (χ1) is 9.15. The van der Waals surface area contributed by atoms with Crippen molar-refractivity contribution < 1.29 is 55.8 Å². The van der Waals surface area contributed by atoms with Gasteiger partial charge in [-0.3, -0.25) is 0 Å². The number of hydrogen-bond acceptors (Lipinski definition) is 1. The predicted octanol–water partition coefficient (Wildman–Crippen LogP) is -0.894. The van der Waals surface area contributed by atoms with E-state index < -0.39 is 5.91 Å². The smallest absolute Gasteiger partial charge is 1.00 e. The molecule has 2 aromatic carbocycles. The van der Waals surface area contributed by atoms with Crippen molar-refractivity contribution in [2.75, 3.05) is 0 Å². The molecule has 0 heterocycles. The fraction of sp³-hybridized carbons (Fsp3) is 0.375. The maximum Gasteiger partial charge on any atom is 4.00 e. The van der Waals surface area contributed by atoms with E-state index in [9.17, 15) is 4.79 Å². The molecule has 1 N–H and O–H groups in total. The molecule has 0 atom stereocenters. The van der Waals surface area contributed by atoms with Gasteiger partial charge in [0, 0.05) is 15.4 Å². The van der Waals surface area contributed by atoms with Crippen molar-refractivity contribution >= 4 is 26.2 Å². The van der Waals surface area contributed by atoms with Gasteiger partial charge >= 0.3 is 26.2 Å². The molecule has 120 valence electrons. The Bertz CT molecular complexity index is 436. The van der Waals surface area contributed by atoms with E-state index in [-0.39, 0.29) is 51.0 Å². The molecule has 0 fully saturated rings. The van der Waals surface area contributed by atoms with Crippen molar-refractivity contribution in [1.82, 2.24) is 0 Å². The van der Waals surface area contributed by atoms with Crippen LogP contribution in [0, 0.1) is 0 Å². The number of amides is 1. The van der Waals surface area contributed by atoms with Crippen LogP contribution in [0.25, 0.3) is 16.5 Å². The normalized spacial score (nSPS) is 7.77. The van der Waals surface area contributed by atoms with Gasteiger partial charge in [-0.2, -0.15) is 17.5 Å². The Hall–Kier alpha value is -0.0200. The second-order valence-corrected chi connectivity index (χ2v) is 5.18. The van der Waals surface area contributed by atoms with Crippen molar-refractivity contribution in [2.45, 2.75) is 39.3 Å². The van der Waals surface area contributed by atoms with Crippen LogP contribution in [0.3, 0.4) is 0 Å². The Morgan fingerprint density at radius 2 is 1.73 bits per heavy atom. The van der Waals surface area contributed by atoms with Crippen LogP contribution in [0.4, 0.5) is 0 Å². The summed E-state index contributed by atoms with van der Waals surface area (Å²) in [4.78, 5) is 9.87. The second kappa shape index (κ2) is 21.0. The van der Waals surface area contributed by atoms with Crippen LogP contribution < -0.4 is 24.8 Å². The molecule has 0 bridgehead atoms. The summed E-state index contributed by atoms with van der Waals surface area (Å²) in [6.07, 6.45) is 2.30. The molecule has 2 aromatic rings. The summed E-state index contributed by atoms with van der Waals surface area (Å²) >= 11 is 0. The standard InChI is InChI=1S/C9H7.C5H11NO.C2H6Si.2ClH.Zr/c1-2-5-9-7-3-6-8(9)4-1;1-2-3-4-5(6)7;1-3-2;;;/h1-7H;2-4H2,1H3,(H2,6,7);1-2H3;2*1H;/q-1;;;;;+4/p-3. The Morgan fingerprint density at radius 1 is 1.18 bits per heavy atom. The number of rotatable bonds is 3. The van der Waals surface area contributed by atoms with Gasteiger partial charge in [-0.1, -0.05) is 32.5 Å². The SMILES string of the molecule is CCCCC([NH-])=O.C[Si]C.[Cl-].[Cl-].[Zr+4].c1ccc2[cH-]ccc2c1.